The van der Waals surface area contributed by atoms with Gasteiger partial charge in [-0.25, -0.2) is 13.2 Å². The number of carbonyl (C=O) groups excluding carboxylic acids is 1. The minimum atomic E-state index is -3.71. The number of hydrogen-bond donors (Lipinski definition) is 0. The number of esters is 1. The highest BCUT2D eigenvalue weighted by molar-refractivity contribution is 7.89. The van der Waals surface area contributed by atoms with Gasteiger partial charge in [-0.05, 0) is 48.7 Å². The van der Waals surface area contributed by atoms with Gasteiger partial charge in [0.05, 0.1) is 24.3 Å². The number of hydrogen-bond acceptors (Lipinski definition) is 5. The molecule has 1 aliphatic rings. The monoisotopic (exact) mass is 423 g/mol. The van der Waals surface area contributed by atoms with Crippen LogP contribution in [-0.4, -0.2) is 45.5 Å². The van der Waals surface area contributed by atoms with Crippen molar-refractivity contribution in [1.29, 1.82) is 0 Å². The second kappa shape index (κ2) is 8.94. The molecule has 0 bridgehead atoms. The summed E-state index contributed by atoms with van der Waals surface area (Å²) in [5.74, 6) is 0.178. The van der Waals surface area contributed by atoms with Crippen LogP contribution in [0.15, 0.2) is 47.4 Å². The molecule has 1 fully saturated rings. The molecule has 0 aromatic heterocycles. The van der Waals surface area contributed by atoms with Gasteiger partial charge in [0.2, 0.25) is 10.0 Å². The first-order valence-corrected chi connectivity index (χ1v) is 10.8. The molecule has 2 aromatic rings. The van der Waals surface area contributed by atoms with Crippen LogP contribution >= 0.6 is 11.6 Å². The molecular weight excluding hydrogens is 402 g/mol. The van der Waals surface area contributed by atoms with E-state index in [1.807, 2.05) is 24.3 Å². The summed E-state index contributed by atoms with van der Waals surface area (Å²) in [5, 5.41) is 0.0988. The van der Waals surface area contributed by atoms with Gasteiger partial charge in [0.1, 0.15) is 10.6 Å². The summed E-state index contributed by atoms with van der Waals surface area (Å²) in [5.41, 5.74) is 1.17. The van der Waals surface area contributed by atoms with E-state index in [2.05, 4.69) is 0 Å². The SMILES string of the molecule is COc1ccc(CCOC(=O)c2ccc(Cl)c(S(=O)(=O)N3CCCC3)c2)cc1. The van der Waals surface area contributed by atoms with Crippen molar-refractivity contribution in [3.8, 4) is 5.75 Å². The van der Waals surface area contributed by atoms with Crippen molar-refractivity contribution >= 4 is 27.6 Å². The van der Waals surface area contributed by atoms with Crippen molar-refractivity contribution < 1.29 is 22.7 Å². The van der Waals surface area contributed by atoms with E-state index in [9.17, 15) is 13.2 Å². The van der Waals surface area contributed by atoms with Crippen LogP contribution in [0.25, 0.3) is 0 Å². The average Bonchev–Trinajstić information content (AvgIpc) is 3.24. The molecule has 0 unspecified atom stereocenters. The minimum absolute atomic E-state index is 0.0549. The summed E-state index contributed by atoms with van der Waals surface area (Å²) >= 11 is 6.10. The fourth-order valence-corrected chi connectivity index (χ4v) is 5.05. The highest BCUT2D eigenvalue weighted by Crippen LogP contribution is 2.28. The highest BCUT2D eigenvalue weighted by atomic mass is 35.5. The summed E-state index contributed by atoms with van der Waals surface area (Å²) in [6, 6.07) is 11.7. The number of methoxy groups -OCH3 is 1. The zero-order valence-corrected chi connectivity index (χ0v) is 17.1. The normalized spacial score (nSPS) is 14.8. The van der Waals surface area contributed by atoms with Gasteiger partial charge in [-0.1, -0.05) is 23.7 Å². The van der Waals surface area contributed by atoms with Crippen molar-refractivity contribution in [3.63, 3.8) is 0 Å². The molecule has 6 nitrogen and oxygen atoms in total. The van der Waals surface area contributed by atoms with Crippen molar-refractivity contribution in [2.24, 2.45) is 0 Å². The number of benzene rings is 2. The number of sulfonamides is 1. The van der Waals surface area contributed by atoms with Gasteiger partial charge in [-0.3, -0.25) is 0 Å². The predicted octanol–water partition coefficient (Wildman–Crippen LogP) is 3.53. The molecule has 150 valence electrons. The lowest BCUT2D eigenvalue weighted by atomic mass is 10.1. The van der Waals surface area contributed by atoms with Crippen LogP contribution in [0.2, 0.25) is 5.02 Å². The van der Waals surface area contributed by atoms with E-state index in [4.69, 9.17) is 21.1 Å². The minimum Gasteiger partial charge on any atom is -0.497 e. The maximum absolute atomic E-state index is 12.8. The largest absolute Gasteiger partial charge is 0.497 e. The van der Waals surface area contributed by atoms with Gasteiger partial charge < -0.3 is 9.47 Å². The van der Waals surface area contributed by atoms with E-state index in [0.29, 0.717) is 19.5 Å². The third-order valence-corrected chi connectivity index (χ3v) is 7.01. The Morgan fingerprint density at radius 2 is 1.79 bits per heavy atom. The molecule has 28 heavy (non-hydrogen) atoms. The van der Waals surface area contributed by atoms with Gasteiger partial charge in [0, 0.05) is 19.5 Å². The Balaban J connectivity index is 1.66. The van der Waals surface area contributed by atoms with E-state index in [0.717, 1.165) is 24.2 Å². The highest BCUT2D eigenvalue weighted by Gasteiger charge is 2.29. The molecule has 0 aliphatic carbocycles. The smallest absolute Gasteiger partial charge is 0.338 e. The van der Waals surface area contributed by atoms with E-state index in [1.165, 1.54) is 22.5 Å². The molecule has 0 spiro atoms. The lowest BCUT2D eigenvalue weighted by Gasteiger charge is -2.17. The van der Waals surface area contributed by atoms with Crippen molar-refractivity contribution in [2.45, 2.75) is 24.2 Å². The predicted molar refractivity (Wildman–Crippen MR) is 106 cm³/mol. The van der Waals surface area contributed by atoms with Crippen LogP contribution in [0.1, 0.15) is 28.8 Å². The summed E-state index contributed by atoms with van der Waals surface area (Å²) in [6.07, 6.45) is 2.19. The molecule has 1 saturated heterocycles. The van der Waals surface area contributed by atoms with Crippen LogP contribution in [0.5, 0.6) is 5.75 Å². The Morgan fingerprint density at radius 1 is 1.11 bits per heavy atom. The summed E-state index contributed by atoms with van der Waals surface area (Å²) in [6.45, 7) is 1.12. The van der Waals surface area contributed by atoms with Crippen LogP contribution in [-0.2, 0) is 21.2 Å². The Labute approximate surface area is 170 Å². The zero-order chi connectivity index (χ0) is 20.1. The zero-order valence-electron chi connectivity index (χ0n) is 15.6. The standard InChI is InChI=1S/C20H22ClNO5S/c1-26-17-7-4-15(5-8-17)10-13-27-20(23)16-6-9-18(21)19(14-16)28(24,25)22-11-2-3-12-22/h4-9,14H,2-3,10-13H2,1H3. The molecule has 0 atom stereocenters. The Kier molecular flexibility index (Phi) is 6.59. The molecule has 0 radical (unpaired) electrons. The third kappa shape index (κ3) is 4.66. The van der Waals surface area contributed by atoms with E-state index < -0.39 is 16.0 Å². The molecule has 0 N–H and O–H groups in total. The fourth-order valence-electron chi connectivity index (χ4n) is 3.03. The summed E-state index contributed by atoms with van der Waals surface area (Å²) in [4.78, 5) is 12.3. The van der Waals surface area contributed by atoms with Gasteiger partial charge in [-0.2, -0.15) is 4.31 Å². The second-order valence-electron chi connectivity index (χ2n) is 6.49. The van der Waals surface area contributed by atoms with Gasteiger partial charge in [0.25, 0.3) is 0 Å². The number of nitrogens with zero attached hydrogens (tertiary/aromatic N) is 1. The Hall–Kier alpha value is -2.09. The third-order valence-electron chi connectivity index (χ3n) is 4.63. The maximum atomic E-state index is 12.8. The fraction of sp³-hybridized carbons (Fsp3) is 0.350. The molecule has 0 amide bonds. The van der Waals surface area contributed by atoms with Crippen LogP contribution < -0.4 is 4.74 Å². The molecule has 3 rings (SSSR count). The Morgan fingerprint density at radius 3 is 2.43 bits per heavy atom. The topological polar surface area (TPSA) is 72.9 Å². The number of halogens is 1. The summed E-state index contributed by atoms with van der Waals surface area (Å²) in [7, 11) is -2.12. The lowest BCUT2D eigenvalue weighted by Crippen LogP contribution is -2.28. The average molecular weight is 424 g/mol. The van der Waals surface area contributed by atoms with E-state index >= 15 is 0 Å². The van der Waals surface area contributed by atoms with E-state index in [-0.39, 0.29) is 22.1 Å². The number of rotatable bonds is 7. The van der Waals surface area contributed by atoms with Crippen LogP contribution in [0.3, 0.4) is 0 Å². The van der Waals surface area contributed by atoms with Crippen LogP contribution in [0.4, 0.5) is 0 Å². The summed E-state index contributed by atoms with van der Waals surface area (Å²) < 4.78 is 37.3. The first-order chi connectivity index (χ1) is 13.4. The first kappa shape index (κ1) is 20.6. The van der Waals surface area contributed by atoms with Gasteiger partial charge in [-0.15, -0.1) is 0 Å². The van der Waals surface area contributed by atoms with E-state index in [1.54, 1.807) is 7.11 Å². The first-order valence-electron chi connectivity index (χ1n) is 9.01. The van der Waals surface area contributed by atoms with Crippen molar-refractivity contribution in [2.75, 3.05) is 26.8 Å². The molecule has 1 aliphatic heterocycles. The molecule has 2 aromatic carbocycles. The quantitative estimate of drug-likeness (QED) is 0.637. The second-order valence-corrected chi connectivity index (χ2v) is 8.80. The molecule has 1 heterocycles. The number of carbonyl (C=O) groups is 1. The number of ether oxygens (including phenoxy) is 2. The van der Waals surface area contributed by atoms with Crippen molar-refractivity contribution in [3.05, 3.63) is 58.6 Å². The van der Waals surface area contributed by atoms with Gasteiger partial charge in [0.15, 0.2) is 0 Å². The van der Waals surface area contributed by atoms with Crippen molar-refractivity contribution in [1.82, 2.24) is 4.31 Å². The van der Waals surface area contributed by atoms with Gasteiger partial charge >= 0.3 is 5.97 Å². The molecule has 8 heteroatoms. The lowest BCUT2D eigenvalue weighted by molar-refractivity contribution is 0.0509. The molecular formula is C20H22ClNO5S. The Bertz CT molecular complexity index is 938. The maximum Gasteiger partial charge on any atom is 0.338 e. The molecule has 0 saturated carbocycles. The van der Waals surface area contributed by atoms with Crippen LogP contribution in [0, 0.1) is 0 Å².